The Balaban J connectivity index is 1.22. The van der Waals surface area contributed by atoms with E-state index >= 15 is 0 Å². The van der Waals surface area contributed by atoms with Crippen LogP contribution in [-0.2, 0) is 16.0 Å². The largest absolute Gasteiger partial charge is 0.444 e. The summed E-state index contributed by atoms with van der Waals surface area (Å²) in [4.78, 5) is 41.2. The molecular formula is C37H41F2N5O4. The Morgan fingerprint density at radius 1 is 1.02 bits per heavy atom. The van der Waals surface area contributed by atoms with Gasteiger partial charge in [0.25, 0.3) is 0 Å². The van der Waals surface area contributed by atoms with Crippen molar-refractivity contribution in [3.63, 3.8) is 0 Å². The number of piperidine rings is 1. The third kappa shape index (κ3) is 7.72. The molecule has 4 aromatic rings. The van der Waals surface area contributed by atoms with Crippen molar-refractivity contribution >= 4 is 28.6 Å². The lowest BCUT2D eigenvalue weighted by Gasteiger charge is -2.34. The van der Waals surface area contributed by atoms with E-state index in [1.54, 1.807) is 23.4 Å². The van der Waals surface area contributed by atoms with E-state index in [1.165, 1.54) is 0 Å². The van der Waals surface area contributed by atoms with Gasteiger partial charge in [0.2, 0.25) is 17.8 Å². The molecule has 2 aromatic heterocycles. The number of carbonyl (C=O) groups excluding carboxylic acids is 2. The summed E-state index contributed by atoms with van der Waals surface area (Å²) in [5.41, 5.74) is 2.34. The minimum atomic E-state index is -2.77. The molecule has 9 nitrogen and oxygen atoms in total. The monoisotopic (exact) mass is 657 g/mol. The molecule has 6 rings (SSSR count). The van der Waals surface area contributed by atoms with Crippen molar-refractivity contribution in [2.24, 2.45) is 5.92 Å². The van der Waals surface area contributed by atoms with Gasteiger partial charge in [-0.25, -0.2) is 28.5 Å². The van der Waals surface area contributed by atoms with Crippen LogP contribution in [0.4, 0.5) is 19.5 Å². The van der Waals surface area contributed by atoms with Gasteiger partial charge in [-0.05, 0) is 81.7 Å². The number of benzene rings is 2. The van der Waals surface area contributed by atoms with Gasteiger partial charge in [0.1, 0.15) is 17.1 Å². The average molecular weight is 658 g/mol. The van der Waals surface area contributed by atoms with Crippen LogP contribution >= 0.6 is 0 Å². The molecule has 1 aliphatic carbocycles. The number of hydrogen-bond acceptors (Lipinski definition) is 8. The normalized spacial score (nSPS) is 19.2. The molecule has 0 radical (unpaired) electrons. The molecule has 2 aromatic carbocycles. The summed E-state index contributed by atoms with van der Waals surface area (Å²) in [5, 5.41) is 5.01. The van der Waals surface area contributed by atoms with Crippen molar-refractivity contribution in [2.45, 2.75) is 83.8 Å². The predicted molar refractivity (Wildman–Crippen MR) is 179 cm³/mol. The van der Waals surface area contributed by atoms with Gasteiger partial charge in [-0.2, -0.15) is 0 Å². The molecule has 1 N–H and O–H groups in total. The van der Waals surface area contributed by atoms with Gasteiger partial charge in [-0.15, -0.1) is 0 Å². The van der Waals surface area contributed by atoms with Crippen LogP contribution in [0.15, 0.2) is 60.9 Å². The summed E-state index contributed by atoms with van der Waals surface area (Å²) >= 11 is 0. The first-order valence-corrected chi connectivity index (χ1v) is 16.5. The lowest BCUT2D eigenvalue weighted by Crippen LogP contribution is -2.47. The number of aryl methyl sites for hydroxylation is 1. The van der Waals surface area contributed by atoms with Gasteiger partial charge in [0.05, 0.1) is 11.3 Å². The number of nitrogens with one attached hydrogen (secondary N) is 1. The molecule has 2 aliphatic rings. The summed E-state index contributed by atoms with van der Waals surface area (Å²) in [6.45, 7) is 8.61. The molecule has 1 aliphatic heterocycles. The van der Waals surface area contributed by atoms with E-state index in [9.17, 15) is 18.4 Å². The van der Waals surface area contributed by atoms with Gasteiger partial charge < -0.3 is 19.7 Å². The Kier molecular flexibility index (Phi) is 9.31. The number of hydrogen-bond donors (Lipinski definition) is 1. The molecule has 1 saturated heterocycles. The molecule has 11 heteroatoms. The second-order valence-corrected chi connectivity index (χ2v) is 13.8. The molecule has 2 atom stereocenters. The number of amides is 1. The zero-order valence-electron chi connectivity index (χ0n) is 27.8. The SMILES string of the molecule is Cc1ccc2c(CC(=O)[C@H]3CCC(F)(F)C3)cccc2c1Oc1ncccc1-c1ccnc(N[C@H]2CCCN(C(=O)OC(C)(C)C)C2)n1. The second kappa shape index (κ2) is 13.4. The quantitative estimate of drug-likeness (QED) is 0.202. The molecule has 0 spiro atoms. The Labute approximate surface area is 279 Å². The van der Waals surface area contributed by atoms with Crippen molar-refractivity contribution in [1.29, 1.82) is 0 Å². The maximum atomic E-state index is 13.8. The van der Waals surface area contributed by atoms with Crippen molar-refractivity contribution < 1.29 is 27.8 Å². The average Bonchev–Trinajstić information content (AvgIpc) is 3.42. The number of pyridine rings is 1. The Bertz CT molecular complexity index is 1830. The second-order valence-electron chi connectivity index (χ2n) is 13.8. The van der Waals surface area contributed by atoms with Crippen LogP contribution in [0.25, 0.3) is 22.0 Å². The van der Waals surface area contributed by atoms with Crippen molar-refractivity contribution in [3.8, 4) is 22.9 Å². The Morgan fingerprint density at radius 3 is 2.62 bits per heavy atom. The first-order valence-electron chi connectivity index (χ1n) is 16.5. The van der Waals surface area contributed by atoms with Crippen LogP contribution in [0, 0.1) is 12.8 Å². The van der Waals surface area contributed by atoms with Gasteiger partial charge in [0, 0.05) is 62.1 Å². The third-order valence-corrected chi connectivity index (χ3v) is 8.83. The summed E-state index contributed by atoms with van der Waals surface area (Å²) < 4.78 is 39.7. The highest BCUT2D eigenvalue weighted by Crippen LogP contribution is 2.41. The number of halogens is 2. The minimum Gasteiger partial charge on any atom is -0.444 e. The molecule has 252 valence electrons. The first-order chi connectivity index (χ1) is 22.8. The molecule has 1 saturated carbocycles. The number of ketones is 1. The topological polar surface area (TPSA) is 107 Å². The van der Waals surface area contributed by atoms with E-state index in [4.69, 9.17) is 14.5 Å². The lowest BCUT2D eigenvalue weighted by atomic mass is 9.93. The maximum absolute atomic E-state index is 13.8. The zero-order valence-corrected chi connectivity index (χ0v) is 27.8. The summed E-state index contributed by atoms with van der Waals surface area (Å²) in [6, 6.07) is 14.9. The number of rotatable bonds is 8. The van der Waals surface area contributed by atoms with E-state index < -0.39 is 17.4 Å². The predicted octanol–water partition coefficient (Wildman–Crippen LogP) is 8.15. The maximum Gasteiger partial charge on any atom is 0.410 e. The van der Waals surface area contributed by atoms with E-state index in [0.717, 1.165) is 34.7 Å². The van der Waals surface area contributed by atoms with Crippen LogP contribution in [0.1, 0.15) is 64.0 Å². The number of carbonyl (C=O) groups is 2. The molecule has 48 heavy (non-hydrogen) atoms. The van der Waals surface area contributed by atoms with Crippen LogP contribution in [0.3, 0.4) is 0 Å². The fraction of sp³-hybridized carbons (Fsp3) is 0.432. The lowest BCUT2D eigenvalue weighted by molar-refractivity contribution is -0.123. The van der Waals surface area contributed by atoms with Gasteiger partial charge in [-0.1, -0.05) is 30.3 Å². The molecule has 0 bridgehead atoms. The first kappa shape index (κ1) is 33.2. The molecule has 0 unspecified atom stereocenters. The Hall–Kier alpha value is -4.67. The molecule has 3 heterocycles. The van der Waals surface area contributed by atoms with E-state index in [1.807, 2.05) is 70.2 Å². The van der Waals surface area contributed by atoms with E-state index in [0.29, 0.717) is 41.9 Å². The van der Waals surface area contributed by atoms with Gasteiger partial charge >= 0.3 is 6.09 Å². The standard InChI is InChI=1S/C37H41F2N5O4/c1-23-12-13-27-24(20-31(45)25-14-16-37(38,39)21-25)8-5-10-28(27)32(23)47-33-29(11-6-17-40-33)30-15-18-41-34(43-30)42-26-9-7-19-44(22-26)35(46)48-36(2,3)4/h5-6,8,10-13,15,17-18,25-26H,7,9,14,16,19-22H2,1-4H3,(H,41,42,43)/t25-,26-/m0/s1. The summed E-state index contributed by atoms with van der Waals surface area (Å²) in [5.74, 6) is -2.19. The van der Waals surface area contributed by atoms with Gasteiger partial charge in [-0.3, -0.25) is 4.79 Å². The highest BCUT2D eigenvalue weighted by Gasteiger charge is 2.42. The smallest absolute Gasteiger partial charge is 0.410 e. The number of likely N-dealkylation sites (tertiary alicyclic amines) is 1. The highest BCUT2D eigenvalue weighted by atomic mass is 19.3. The fourth-order valence-electron chi connectivity index (χ4n) is 6.46. The number of anilines is 1. The number of aromatic nitrogens is 3. The zero-order chi connectivity index (χ0) is 34.1. The van der Waals surface area contributed by atoms with E-state index in [2.05, 4.69) is 15.3 Å². The van der Waals surface area contributed by atoms with Crippen molar-refractivity contribution in [2.75, 3.05) is 18.4 Å². The number of alkyl halides is 2. The van der Waals surface area contributed by atoms with Crippen LogP contribution in [-0.4, -0.2) is 62.4 Å². The number of fused-ring (bicyclic) bond motifs is 1. The van der Waals surface area contributed by atoms with Crippen molar-refractivity contribution in [3.05, 3.63) is 72.1 Å². The minimum absolute atomic E-state index is 0.0456. The van der Waals surface area contributed by atoms with Crippen LogP contribution < -0.4 is 10.1 Å². The number of nitrogens with zero attached hydrogens (tertiary/aromatic N) is 4. The van der Waals surface area contributed by atoms with Crippen LogP contribution in [0.5, 0.6) is 11.6 Å². The number of ether oxygens (including phenoxy) is 2. The Morgan fingerprint density at radius 2 is 1.85 bits per heavy atom. The molecule has 1 amide bonds. The van der Waals surface area contributed by atoms with Crippen molar-refractivity contribution in [1.82, 2.24) is 19.9 Å². The third-order valence-electron chi connectivity index (χ3n) is 8.83. The van der Waals surface area contributed by atoms with Gasteiger partial charge in [0.15, 0.2) is 0 Å². The van der Waals surface area contributed by atoms with Crippen LogP contribution in [0.2, 0.25) is 0 Å². The highest BCUT2D eigenvalue weighted by molar-refractivity contribution is 5.96. The fourth-order valence-corrected chi connectivity index (χ4v) is 6.46. The number of Topliss-reactive ketones (excluding diaryl/α,β-unsaturated/α-hetero) is 1. The van der Waals surface area contributed by atoms with E-state index in [-0.39, 0.29) is 43.6 Å². The summed E-state index contributed by atoms with van der Waals surface area (Å²) in [7, 11) is 0. The molecule has 2 fully saturated rings. The summed E-state index contributed by atoms with van der Waals surface area (Å²) in [6.07, 6.45) is 4.36. The molecular weight excluding hydrogens is 616 g/mol.